The number of carbonyl (C=O) groups is 1. The molecule has 0 unspecified atom stereocenters. The highest BCUT2D eigenvalue weighted by Gasteiger charge is 2.14. The van der Waals surface area contributed by atoms with E-state index in [9.17, 15) is 4.79 Å². The van der Waals surface area contributed by atoms with Gasteiger partial charge in [0.1, 0.15) is 5.69 Å². The molecule has 7 heteroatoms. The first-order chi connectivity index (χ1) is 12.3. The van der Waals surface area contributed by atoms with Gasteiger partial charge in [0.25, 0.3) is 5.91 Å². The van der Waals surface area contributed by atoms with Gasteiger partial charge in [-0.25, -0.2) is 4.98 Å². The quantitative estimate of drug-likeness (QED) is 0.715. The molecule has 0 saturated heterocycles. The highest BCUT2D eigenvalue weighted by molar-refractivity contribution is 5.92. The Kier molecular flexibility index (Phi) is 5.69. The Labute approximate surface area is 146 Å². The number of nitrogens with one attached hydrogen (secondary N) is 2. The van der Waals surface area contributed by atoms with Gasteiger partial charge in [0.15, 0.2) is 11.5 Å². The van der Waals surface area contributed by atoms with Crippen molar-refractivity contribution in [3.63, 3.8) is 0 Å². The van der Waals surface area contributed by atoms with E-state index >= 15 is 0 Å². The van der Waals surface area contributed by atoms with Crippen LogP contribution in [0.2, 0.25) is 0 Å². The second-order valence-electron chi connectivity index (χ2n) is 5.58. The van der Waals surface area contributed by atoms with Gasteiger partial charge in [-0.3, -0.25) is 4.79 Å². The van der Waals surface area contributed by atoms with Gasteiger partial charge in [0.05, 0.1) is 11.9 Å². The van der Waals surface area contributed by atoms with Crippen molar-refractivity contribution in [1.29, 1.82) is 0 Å². The molecule has 2 aromatic rings. The number of aromatic nitrogens is 1. The van der Waals surface area contributed by atoms with Crippen molar-refractivity contribution >= 4 is 11.6 Å². The van der Waals surface area contributed by atoms with Gasteiger partial charge in [-0.05, 0) is 36.2 Å². The van der Waals surface area contributed by atoms with Crippen LogP contribution < -0.4 is 20.1 Å². The fraction of sp³-hybridized carbons (Fsp3) is 0.333. The molecule has 3 rings (SSSR count). The van der Waals surface area contributed by atoms with Crippen LogP contribution in [0.3, 0.4) is 0 Å². The van der Waals surface area contributed by atoms with Gasteiger partial charge < -0.3 is 24.8 Å². The summed E-state index contributed by atoms with van der Waals surface area (Å²) in [5.74, 6) is 1.21. The van der Waals surface area contributed by atoms with E-state index in [1.807, 2.05) is 24.3 Å². The van der Waals surface area contributed by atoms with Crippen molar-refractivity contribution in [2.75, 3.05) is 32.4 Å². The second kappa shape index (κ2) is 8.34. The number of anilines is 1. The standard InChI is InChI=1S/C18H21N3O4/c1-23-8-2-7-19-14-4-5-15(20-11-14)18(22)21-10-13-3-6-16-17(9-13)25-12-24-16/h3-6,9,11,19H,2,7-8,10,12H2,1H3,(H,21,22). The van der Waals surface area contributed by atoms with E-state index in [1.54, 1.807) is 19.4 Å². The molecule has 0 fully saturated rings. The van der Waals surface area contributed by atoms with Crippen molar-refractivity contribution in [2.45, 2.75) is 13.0 Å². The van der Waals surface area contributed by atoms with Gasteiger partial charge in [-0.1, -0.05) is 6.07 Å². The molecule has 1 aromatic heterocycles. The minimum Gasteiger partial charge on any atom is -0.454 e. The summed E-state index contributed by atoms with van der Waals surface area (Å²) in [6.07, 6.45) is 2.57. The van der Waals surface area contributed by atoms with E-state index < -0.39 is 0 Å². The summed E-state index contributed by atoms with van der Waals surface area (Å²) < 4.78 is 15.6. The highest BCUT2D eigenvalue weighted by atomic mass is 16.7. The minimum atomic E-state index is -0.219. The van der Waals surface area contributed by atoms with Crippen LogP contribution in [0.4, 0.5) is 5.69 Å². The van der Waals surface area contributed by atoms with Crippen LogP contribution in [-0.2, 0) is 11.3 Å². The molecule has 2 heterocycles. The smallest absolute Gasteiger partial charge is 0.270 e. The molecule has 0 bridgehead atoms. The van der Waals surface area contributed by atoms with Gasteiger partial charge in [-0.2, -0.15) is 0 Å². The number of carbonyl (C=O) groups excluding carboxylic acids is 1. The first-order valence-electron chi connectivity index (χ1n) is 8.12. The third-order valence-corrected chi connectivity index (χ3v) is 3.74. The topological polar surface area (TPSA) is 81.7 Å². The SMILES string of the molecule is COCCCNc1ccc(C(=O)NCc2ccc3c(c2)OCO3)nc1. The van der Waals surface area contributed by atoms with E-state index in [0.29, 0.717) is 24.6 Å². The summed E-state index contributed by atoms with van der Waals surface area (Å²) in [7, 11) is 1.68. The Morgan fingerprint density at radius 1 is 1.24 bits per heavy atom. The number of pyridine rings is 1. The largest absolute Gasteiger partial charge is 0.454 e. The van der Waals surface area contributed by atoms with Crippen LogP contribution in [0.25, 0.3) is 0 Å². The molecule has 7 nitrogen and oxygen atoms in total. The van der Waals surface area contributed by atoms with Crippen LogP contribution >= 0.6 is 0 Å². The van der Waals surface area contributed by atoms with Crippen LogP contribution in [0, 0.1) is 0 Å². The molecule has 1 aliphatic rings. The average Bonchev–Trinajstić information content (AvgIpc) is 3.11. The van der Waals surface area contributed by atoms with Crippen LogP contribution in [0.1, 0.15) is 22.5 Å². The van der Waals surface area contributed by atoms with Gasteiger partial charge in [-0.15, -0.1) is 0 Å². The van der Waals surface area contributed by atoms with Crippen molar-refractivity contribution in [3.05, 3.63) is 47.8 Å². The van der Waals surface area contributed by atoms with E-state index in [1.165, 1.54) is 0 Å². The highest BCUT2D eigenvalue weighted by Crippen LogP contribution is 2.32. The van der Waals surface area contributed by atoms with E-state index in [4.69, 9.17) is 14.2 Å². The number of amides is 1. The maximum absolute atomic E-state index is 12.2. The summed E-state index contributed by atoms with van der Waals surface area (Å²) in [5.41, 5.74) is 2.20. The molecule has 0 aliphatic carbocycles. The number of fused-ring (bicyclic) bond motifs is 1. The number of nitrogens with zero attached hydrogens (tertiary/aromatic N) is 1. The molecular weight excluding hydrogens is 322 g/mol. The van der Waals surface area contributed by atoms with E-state index in [2.05, 4.69) is 15.6 Å². The van der Waals surface area contributed by atoms with Crippen LogP contribution in [0.15, 0.2) is 36.5 Å². The number of ether oxygens (including phenoxy) is 3. The van der Waals surface area contributed by atoms with Gasteiger partial charge in [0, 0.05) is 26.8 Å². The van der Waals surface area contributed by atoms with E-state index in [0.717, 1.165) is 30.0 Å². The average molecular weight is 343 g/mol. The summed E-state index contributed by atoms with van der Waals surface area (Å²) in [6.45, 7) is 2.14. The van der Waals surface area contributed by atoms with E-state index in [-0.39, 0.29) is 12.7 Å². The van der Waals surface area contributed by atoms with Gasteiger partial charge >= 0.3 is 0 Å². The van der Waals surface area contributed by atoms with Crippen molar-refractivity contribution < 1.29 is 19.0 Å². The maximum Gasteiger partial charge on any atom is 0.270 e. The lowest BCUT2D eigenvalue weighted by Gasteiger charge is -2.08. The first kappa shape index (κ1) is 17.0. The lowest BCUT2D eigenvalue weighted by atomic mass is 10.2. The second-order valence-corrected chi connectivity index (χ2v) is 5.58. The first-order valence-corrected chi connectivity index (χ1v) is 8.12. The molecule has 1 aromatic carbocycles. The summed E-state index contributed by atoms with van der Waals surface area (Å²) in [6, 6.07) is 9.15. The predicted molar refractivity (Wildman–Crippen MR) is 93.0 cm³/mol. The molecular formula is C18H21N3O4. The van der Waals surface area contributed by atoms with Crippen LogP contribution in [-0.4, -0.2) is 37.9 Å². The Bertz CT molecular complexity index is 719. The summed E-state index contributed by atoms with van der Waals surface area (Å²) in [4.78, 5) is 16.4. The Balaban J connectivity index is 1.49. The molecule has 1 aliphatic heterocycles. The Morgan fingerprint density at radius 3 is 2.92 bits per heavy atom. The third-order valence-electron chi connectivity index (χ3n) is 3.74. The van der Waals surface area contributed by atoms with Crippen molar-refractivity contribution in [3.8, 4) is 11.5 Å². The zero-order valence-electron chi connectivity index (χ0n) is 14.1. The number of hydrogen-bond acceptors (Lipinski definition) is 6. The Hall–Kier alpha value is -2.80. The molecule has 132 valence electrons. The molecule has 0 radical (unpaired) electrons. The fourth-order valence-electron chi connectivity index (χ4n) is 2.41. The van der Waals surface area contributed by atoms with Crippen molar-refractivity contribution in [2.24, 2.45) is 0 Å². The number of hydrogen-bond donors (Lipinski definition) is 2. The molecule has 1 amide bonds. The third kappa shape index (κ3) is 4.60. The van der Waals surface area contributed by atoms with Gasteiger partial charge in [0.2, 0.25) is 6.79 Å². The molecule has 2 N–H and O–H groups in total. The monoisotopic (exact) mass is 343 g/mol. The summed E-state index contributed by atoms with van der Waals surface area (Å²) >= 11 is 0. The zero-order chi connectivity index (χ0) is 17.5. The number of methoxy groups -OCH3 is 1. The van der Waals surface area contributed by atoms with Crippen molar-refractivity contribution in [1.82, 2.24) is 10.3 Å². The van der Waals surface area contributed by atoms with Crippen LogP contribution in [0.5, 0.6) is 11.5 Å². The maximum atomic E-state index is 12.2. The minimum absolute atomic E-state index is 0.219. The fourth-order valence-corrected chi connectivity index (χ4v) is 2.41. The summed E-state index contributed by atoms with van der Waals surface area (Å²) in [5, 5.41) is 6.08. The Morgan fingerprint density at radius 2 is 2.12 bits per heavy atom. The number of benzene rings is 1. The predicted octanol–water partition coefficient (Wildman–Crippen LogP) is 2.19. The molecule has 0 saturated carbocycles. The molecule has 25 heavy (non-hydrogen) atoms. The lowest BCUT2D eigenvalue weighted by Crippen LogP contribution is -2.23. The zero-order valence-corrected chi connectivity index (χ0v) is 14.1. The molecule has 0 atom stereocenters. The lowest BCUT2D eigenvalue weighted by molar-refractivity contribution is 0.0946. The number of rotatable bonds is 8. The molecule has 0 spiro atoms. The normalized spacial score (nSPS) is 12.0.